The second-order valence-electron chi connectivity index (χ2n) is 4.71. The molecule has 4 N–H and O–H groups in total. The quantitative estimate of drug-likeness (QED) is 0.395. The minimum atomic E-state index is -5.13. The molecule has 27 heavy (non-hydrogen) atoms. The average molecular weight is 449 g/mol. The summed E-state index contributed by atoms with van der Waals surface area (Å²) in [6.45, 7) is 0. The zero-order valence-electron chi connectivity index (χ0n) is 13.1. The van der Waals surface area contributed by atoms with E-state index in [4.69, 9.17) is 27.9 Å². The summed E-state index contributed by atoms with van der Waals surface area (Å²) in [5.41, 5.74) is -2.41. The lowest BCUT2D eigenvalue weighted by Gasteiger charge is -2.15. The van der Waals surface area contributed by atoms with Gasteiger partial charge in [-0.2, -0.15) is 13.2 Å². The highest BCUT2D eigenvalue weighted by Crippen LogP contribution is 2.41. The van der Waals surface area contributed by atoms with Gasteiger partial charge in [0, 0.05) is 12.1 Å². The predicted octanol–water partition coefficient (Wildman–Crippen LogP) is 4.99. The van der Waals surface area contributed by atoms with E-state index >= 15 is 0 Å². The Balaban J connectivity index is 0.00000364. The molecule has 148 valence electrons. The first-order valence-corrected chi connectivity index (χ1v) is 8.45. The molecule has 0 fully saturated rings. The van der Waals surface area contributed by atoms with E-state index in [0.29, 0.717) is 18.2 Å². The van der Waals surface area contributed by atoms with E-state index in [1.165, 1.54) is 0 Å². The van der Waals surface area contributed by atoms with Crippen molar-refractivity contribution in [1.29, 1.82) is 0 Å². The zero-order chi connectivity index (χ0) is 19.9. The lowest BCUT2D eigenvalue weighted by atomic mass is 10.2. The molecule has 0 radical (unpaired) electrons. The number of halogens is 5. The molecule has 0 aliphatic rings. The zero-order valence-corrected chi connectivity index (χ0v) is 15.4. The van der Waals surface area contributed by atoms with Gasteiger partial charge < -0.3 is 15.4 Å². The lowest BCUT2D eigenvalue weighted by molar-refractivity contribution is -0.385. The van der Waals surface area contributed by atoms with Gasteiger partial charge in [-0.1, -0.05) is 23.2 Å². The molecule has 0 atom stereocenters. The van der Waals surface area contributed by atoms with Crippen LogP contribution in [0.15, 0.2) is 35.2 Å². The van der Waals surface area contributed by atoms with E-state index in [2.05, 4.69) is 0 Å². The Morgan fingerprint density at radius 2 is 1.59 bits per heavy atom. The van der Waals surface area contributed by atoms with E-state index in [1.807, 2.05) is 0 Å². The standard InChI is InChI=1S/C13H6Cl2F3NO6S.H3N/c14-7-4-11(12(5-8(7)15)26(22,23)24)25-10-2-1-6(13(16,17)18)3-9(10)19(20)21;/h1-5H,(H,22,23,24);1H3. The second kappa shape index (κ2) is 7.86. The monoisotopic (exact) mass is 448 g/mol. The number of alkyl halides is 3. The molecule has 2 aromatic carbocycles. The third-order valence-electron chi connectivity index (χ3n) is 2.96. The van der Waals surface area contributed by atoms with Crippen LogP contribution in [0.5, 0.6) is 11.5 Å². The summed E-state index contributed by atoms with van der Waals surface area (Å²) >= 11 is 11.3. The van der Waals surface area contributed by atoms with Crippen LogP contribution in [-0.2, 0) is 16.3 Å². The van der Waals surface area contributed by atoms with Crippen LogP contribution in [0.4, 0.5) is 18.9 Å². The van der Waals surface area contributed by atoms with Gasteiger partial charge in [-0.3, -0.25) is 10.1 Å². The maximum Gasteiger partial charge on any atom is 0.416 e. The molecule has 0 saturated carbocycles. The summed E-state index contributed by atoms with van der Waals surface area (Å²) in [7, 11) is -5.13. The summed E-state index contributed by atoms with van der Waals surface area (Å²) < 4.78 is 77.0. The Morgan fingerprint density at radius 1 is 1.04 bits per heavy atom. The third kappa shape index (κ3) is 5.20. The van der Waals surface area contributed by atoms with E-state index < -0.39 is 48.9 Å². The second-order valence-corrected chi connectivity index (χ2v) is 6.87. The van der Waals surface area contributed by atoms with Gasteiger partial charge in [0.15, 0.2) is 0 Å². The summed E-state index contributed by atoms with van der Waals surface area (Å²) in [4.78, 5) is 8.88. The minimum Gasteiger partial charge on any atom is -0.744 e. The highest BCUT2D eigenvalue weighted by atomic mass is 35.5. The number of nitro benzene ring substituents is 1. The molecule has 2 aromatic rings. The number of hydrogen-bond acceptors (Lipinski definition) is 6. The molecule has 0 heterocycles. The third-order valence-corrected chi connectivity index (χ3v) is 4.54. The molecule has 0 amide bonds. The van der Waals surface area contributed by atoms with Crippen LogP contribution < -0.4 is 10.9 Å². The van der Waals surface area contributed by atoms with Crippen molar-refractivity contribution in [2.45, 2.75) is 11.1 Å². The summed E-state index contributed by atoms with van der Waals surface area (Å²) in [5, 5.41) is 10.5. The highest BCUT2D eigenvalue weighted by Gasteiger charge is 2.33. The normalized spacial score (nSPS) is 11.6. The maximum atomic E-state index is 12.7. The number of quaternary nitrogens is 1. The Bertz CT molecular complexity index is 998. The van der Waals surface area contributed by atoms with Crippen LogP contribution in [-0.4, -0.2) is 17.9 Å². The largest absolute Gasteiger partial charge is 0.744 e. The van der Waals surface area contributed by atoms with Crippen molar-refractivity contribution < 1.29 is 35.8 Å². The van der Waals surface area contributed by atoms with Crippen molar-refractivity contribution in [3.8, 4) is 11.5 Å². The maximum absolute atomic E-state index is 12.7. The molecule has 14 heteroatoms. The van der Waals surface area contributed by atoms with Crippen LogP contribution in [0, 0.1) is 10.1 Å². The Morgan fingerprint density at radius 3 is 2.07 bits per heavy atom. The van der Waals surface area contributed by atoms with Gasteiger partial charge in [0.05, 0.1) is 25.4 Å². The first-order valence-electron chi connectivity index (χ1n) is 6.29. The SMILES string of the molecule is O=[N+]([O-])c1cc(C(F)(F)F)ccc1Oc1cc(Cl)c(Cl)cc1S(=O)(=O)[O-].[NH4+]. The van der Waals surface area contributed by atoms with Crippen molar-refractivity contribution in [2.75, 3.05) is 0 Å². The molecule has 2 rings (SSSR count). The summed E-state index contributed by atoms with van der Waals surface area (Å²) in [6.07, 6.45) is -4.85. The molecule has 0 unspecified atom stereocenters. The molecule has 0 saturated heterocycles. The summed E-state index contributed by atoms with van der Waals surface area (Å²) in [6, 6.07) is 2.78. The topological polar surface area (TPSA) is 146 Å². The molecule has 0 bridgehead atoms. The van der Waals surface area contributed by atoms with Gasteiger partial charge in [0.25, 0.3) is 0 Å². The summed E-state index contributed by atoms with van der Waals surface area (Å²) in [5.74, 6) is -1.46. The van der Waals surface area contributed by atoms with Gasteiger partial charge >= 0.3 is 11.9 Å². The number of hydrogen-bond donors (Lipinski definition) is 1. The molecule has 8 nitrogen and oxygen atoms in total. The minimum absolute atomic E-state index is 0. The van der Waals surface area contributed by atoms with E-state index in [9.17, 15) is 36.3 Å². The first kappa shape index (κ1) is 22.9. The van der Waals surface area contributed by atoms with Crippen molar-refractivity contribution >= 4 is 39.0 Å². The number of ether oxygens (including phenoxy) is 1. The fraction of sp³-hybridized carbons (Fsp3) is 0.0769. The highest BCUT2D eigenvalue weighted by molar-refractivity contribution is 7.85. The van der Waals surface area contributed by atoms with Crippen molar-refractivity contribution in [3.63, 3.8) is 0 Å². The number of nitro groups is 1. The van der Waals surface area contributed by atoms with Crippen LogP contribution in [0.3, 0.4) is 0 Å². The Hall–Kier alpha value is -2.12. The van der Waals surface area contributed by atoms with Gasteiger partial charge in [0.2, 0.25) is 5.75 Å². The fourth-order valence-electron chi connectivity index (χ4n) is 1.83. The Labute approximate surface area is 159 Å². The molecule has 0 aliphatic carbocycles. The molecular weight excluding hydrogens is 440 g/mol. The lowest BCUT2D eigenvalue weighted by Crippen LogP contribution is -2.07. The molecule has 0 aliphatic heterocycles. The number of nitrogens with zero attached hydrogens (tertiary/aromatic N) is 1. The van der Waals surface area contributed by atoms with E-state index in [-0.39, 0.29) is 22.3 Å². The number of benzene rings is 2. The van der Waals surface area contributed by atoms with Gasteiger partial charge in [-0.25, -0.2) is 8.42 Å². The van der Waals surface area contributed by atoms with Crippen LogP contribution in [0.1, 0.15) is 5.56 Å². The fourth-order valence-corrected chi connectivity index (χ4v) is 2.82. The van der Waals surface area contributed by atoms with Gasteiger partial charge in [0.1, 0.15) is 15.9 Å². The van der Waals surface area contributed by atoms with Gasteiger partial charge in [-0.15, -0.1) is 0 Å². The van der Waals surface area contributed by atoms with Gasteiger partial charge in [-0.05, 0) is 18.2 Å². The van der Waals surface area contributed by atoms with Crippen molar-refractivity contribution in [1.82, 2.24) is 6.15 Å². The number of rotatable bonds is 4. The predicted molar refractivity (Wildman–Crippen MR) is 88.6 cm³/mol. The van der Waals surface area contributed by atoms with Crippen molar-refractivity contribution in [3.05, 3.63) is 56.1 Å². The Kier molecular flexibility index (Phi) is 6.67. The molecule has 0 spiro atoms. The van der Waals surface area contributed by atoms with Crippen molar-refractivity contribution in [2.24, 2.45) is 0 Å². The first-order chi connectivity index (χ1) is 11.8. The molecule has 0 aromatic heterocycles. The van der Waals surface area contributed by atoms with Crippen LogP contribution in [0.25, 0.3) is 0 Å². The molecular formula is C13H9Cl2F3N2O6S. The average Bonchev–Trinajstić information content (AvgIpc) is 2.48. The van der Waals surface area contributed by atoms with Crippen LogP contribution >= 0.6 is 23.2 Å². The van der Waals surface area contributed by atoms with Crippen LogP contribution in [0.2, 0.25) is 10.0 Å². The van der Waals surface area contributed by atoms with E-state index in [0.717, 1.165) is 6.07 Å². The smallest absolute Gasteiger partial charge is 0.416 e. The van der Waals surface area contributed by atoms with E-state index in [1.54, 1.807) is 0 Å².